The first kappa shape index (κ1) is 22.8. The zero-order chi connectivity index (χ0) is 23.7. The summed E-state index contributed by atoms with van der Waals surface area (Å²) in [6, 6.07) is 21.5. The van der Waals surface area contributed by atoms with Gasteiger partial charge in [-0.05, 0) is 80.4 Å². The fraction of sp³-hybridized carbons (Fsp3) is 0.379. The predicted molar refractivity (Wildman–Crippen MR) is 138 cm³/mol. The molecule has 1 saturated heterocycles. The van der Waals surface area contributed by atoms with E-state index in [-0.39, 0.29) is 0 Å². The van der Waals surface area contributed by atoms with Crippen molar-refractivity contribution in [1.82, 2.24) is 9.88 Å². The number of fused-ring (bicyclic) bond motifs is 2. The number of aromatic nitrogens is 1. The predicted octanol–water partition coefficient (Wildman–Crippen LogP) is 5.65. The lowest BCUT2D eigenvalue weighted by molar-refractivity contribution is 0.0406. The van der Waals surface area contributed by atoms with Crippen LogP contribution < -0.4 is 9.47 Å². The highest BCUT2D eigenvalue weighted by atomic mass is 16.5. The Balaban J connectivity index is 1.19. The van der Waals surface area contributed by atoms with Crippen LogP contribution in [0.15, 0.2) is 60.7 Å². The Labute approximate surface area is 201 Å². The highest BCUT2D eigenvalue weighted by Gasteiger charge is 2.28. The summed E-state index contributed by atoms with van der Waals surface area (Å²) < 4.78 is 11.6. The molecule has 1 aliphatic rings. The minimum atomic E-state index is -0.528. The number of hydrogen-bond acceptors (Lipinski definition) is 4. The number of benzene rings is 3. The summed E-state index contributed by atoms with van der Waals surface area (Å²) in [5, 5.41) is 14.2. The molecule has 0 aliphatic carbocycles. The van der Waals surface area contributed by atoms with E-state index in [1.807, 2.05) is 37.3 Å². The Morgan fingerprint density at radius 3 is 2.71 bits per heavy atom. The van der Waals surface area contributed by atoms with Crippen molar-refractivity contribution in [3.8, 4) is 11.5 Å². The van der Waals surface area contributed by atoms with Crippen LogP contribution in [0.3, 0.4) is 0 Å². The molecule has 3 aromatic carbocycles. The number of piperidine rings is 1. The van der Waals surface area contributed by atoms with Gasteiger partial charge in [-0.25, -0.2) is 0 Å². The molecule has 0 amide bonds. The van der Waals surface area contributed by atoms with E-state index >= 15 is 0 Å². The van der Waals surface area contributed by atoms with Crippen molar-refractivity contribution in [2.24, 2.45) is 0 Å². The molecular weight excluding hydrogens is 424 g/mol. The largest absolute Gasteiger partial charge is 0.496 e. The van der Waals surface area contributed by atoms with Crippen LogP contribution in [0.25, 0.3) is 21.7 Å². The van der Waals surface area contributed by atoms with Gasteiger partial charge in [0.05, 0.1) is 7.11 Å². The van der Waals surface area contributed by atoms with Crippen molar-refractivity contribution in [2.75, 3.05) is 26.8 Å². The summed E-state index contributed by atoms with van der Waals surface area (Å²) in [4.78, 5) is 5.73. The average molecular weight is 459 g/mol. The first-order valence-corrected chi connectivity index (χ1v) is 12.2. The minimum absolute atomic E-state index is 0.292. The van der Waals surface area contributed by atoms with Gasteiger partial charge < -0.3 is 19.6 Å². The molecule has 2 heterocycles. The van der Waals surface area contributed by atoms with Crippen molar-refractivity contribution in [3.05, 3.63) is 71.9 Å². The number of aliphatic hydroxyl groups is 1. The number of β-amino-alcohol motifs (C(OH)–C–C–N with tert-alkyl or cyclic N) is 1. The lowest BCUT2D eigenvalue weighted by Gasteiger charge is -2.39. The third-order valence-electron chi connectivity index (χ3n) is 7.21. The standard InChI is InChI=1S/C29H34N2O3/c1-19-14-26-27(30-19)7-5-9-29(26)34-18-24(32)17-31-13-12-23(15-20(31)2)22-11-10-21-6-4-8-28(33-3)25(21)16-22/h4-11,14,16,20,23-24,30,32H,12-13,15,17-18H2,1-3H3/t20-,23-,24-/m0/s1. The summed E-state index contributed by atoms with van der Waals surface area (Å²) in [5.41, 5.74) is 3.54. The first-order chi connectivity index (χ1) is 16.5. The Bertz CT molecular complexity index is 1280. The minimum Gasteiger partial charge on any atom is -0.496 e. The van der Waals surface area contributed by atoms with Crippen molar-refractivity contribution >= 4 is 21.7 Å². The van der Waals surface area contributed by atoms with Crippen LogP contribution in [-0.4, -0.2) is 53.9 Å². The van der Waals surface area contributed by atoms with E-state index in [1.54, 1.807) is 7.11 Å². The van der Waals surface area contributed by atoms with Gasteiger partial charge in [0.1, 0.15) is 24.2 Å². The number of hydrogen-bond donors (Lipinski definition) is 2. The van der Waals surface area contributed by atoms with Crippen molar-refractivity contribution in [1.29, 1.82) is 0 Å². The summed E-state index contributed by atoms with van der Waals surface area (Å²) in [7, 11) is 1.73. The molecule has 0 saturated carbocycles. The molecule has 3 atom stereocenters. The molecule has 5 rings (SSSR count). The molecule has 0 unspecified atom stereocenters. The van der Waals surface area contributed by atoms with Crippen molar-refractivity contribution in [3.63, 3.8) is 0 Å². The van der Waals surface area contributed by atoms with Gasteiger partial charge in [0.2, 0.25) is 0 Å². The number of likely N-dealkylation sites (tertiary alicyclic amines) is 1. The summed E-state index contributed by atoms with van der Waals surface area (Å²) >= 11 is 0. The van der Waals surface area contributed by atoms with Gasteiger partial charge in [0, 0.05) is 34.6 Å². The third kappa shape index (κ3) is 4.63. The lowest BCUT2D eigenvalue weighted by atomic mass is 9.85. The fourth-order valence-electron chi connectivity index (χ4n) is 5.39. The van der Waals surface area contributed by atoms with Crippen LogP contribution in [0.2, 0.25) is 0 Å². The van der Waals surface area contributed by atoms with E-state index < -0.39 is 6.10 Å². The van der Waals surface area contributed by atoms with Gasteiger partial charge in [-0.2, -0.15) is 0 Å². The summed E-state index contributed by atoms with van der Waals surface area (Å²) in [5.74, 6) is 2.27. The molecule has 2 N–H and O–H groups in total. The van der Waals surface area contributed by atoms with Crippen LogP contribution >= 0.6 is 0 Å². The SMILES string of the molecule is COc1cccc2ccc([C@H]3CCN(C[C@H](O)COc4cccc5[nH]c(C)cc45)[C@@H](C)C3)cc12. The van der Waals surface area contributed by atoms with E-state index in [0.717, 1.165) is 47.5 Å². The Kier molecular flexibility index (Phi) is 6.48. The normalized spacial score (nSPS) is 20.0. The lowest BCUT2D eigenvalue weighted by Crippen LogP contribution is -2.45. The number of aliphatic hydroxyl groups excluding tert-OH is 1. The second kappa shape index (κ2) is 9.69. The number of rotatable bonds is 7. The molecule has 34 heavy (non-hydrogen) atoms. The maximum Gasteiger partial charge on any atom is 0.128 e. The number of ether oxygens (including phenoxy) is 2. The zero-order valence-corrected chi connectivity index (χ0v) is 20.3. The van der Waals surface area contributed by atoms with Crippen LogP contribution in [0.5, 0.6) is 11.5 Å². The van der Waals surface area contributed by atoms with Gasteiger partial charge in [0.15, 0.2) is 0 Å². The second-order valence-corrected chi connectivity index (χ2v) is 9.64. The molecule has 178 valence electrons. The molecule has 4 aromatic rings. The third-order valence-corrected chi connectivity index (χ3v) is 7.21. The number of methoxy groups -OCH3 is 1. The quantitative estimate of drug-likeness (QED) is 0.376. The molecule has 1 aliphatic heterocycles. The Hall–Kier alpha value is -3.02. The molecule has 5 heteroatoms. The Morgan fingerprint density at radius 1 is 1.06 bits per heavy atom. The van der Waals surface area contributed by atoms with Crippen molar-refractivity contribution < 1.29 is 14.6 Å². The van der Waals surface area contributed by atoms with E-state index in [0.29, 0.717) is 25.1 Å². The van der Waals surface area contributed by atoms with E-state index in [2.05, 4.69) is 47.1 Å². The molecule has 5 nitrogen and oxygen atoms in total. The summed E-state index contributed by atoms with van der Waals surface area (Å²) in [6.07, 6.45) is 1.63. The zero-order valence-electron chi connectivity index (χ0n) is 20.3. The van der Waals surface area contributed by atoms with Crippen LogP contribution in [0.1, 0.15) is 36.9 Å². The van der Waals surface area contributed by atoms with Gasteiger partial charge in [0.25, 0.3) is 0 Å². The van der Waals surface area contributed by atoms with E-state index in [4.69, 9.17) is 9.47 Å². The molecule has 0 spiro atoms. The number of nitrogens with one attached hydrogen (secondary N) is 1. The van der Waals surface area contributed by atoms with Crippen LogP contribution in [-0.2, 0) is 0 Å². The maximum absolute atomic E-state index is 10.7. The highest BCUT2D eigenvalue weighted by molar-refractivity contribution is 5.89. The number of aryl methyl sites for hydroxylation is 1. The first-order valence-electron chi connectivity index (χ1n) is 12.2. The average Bonchev–Trinajstić information content (AvgIpc) is 3.24. The van der Waals surface area contributed by atoms with Crippen molar-refractivity contribution in [2.45, 2.75) is 44.8 Å². The Morgan fingerprint density at radius 2 is 1.88 bits per heavy atom. The molecule has 0 bridgehead atoms. The van der Waals surface area contributed by atoms with Gasteiger partial charge >= 0.3 is 0 Å². The topological polar surface area (TPSA) is 57.7 Å². The number of aromatic amines is 1. The molecular formula is C29H34N2O3. The highest BCUT2D eigenvalue weighted by Crippen LogP contribution is 2.35. The van der Waals surface area contributed by atoms with E-state index in [1.165, 1.54) is 16.3 Å². The smallest absolute Gasteiger partial charge is 0.128 e. The van der Waals surface area contributed by atoms with Gasteiger partial charge in [-0.3, -0.25) is 4.90 Å². The molecule has 1 aromatic heterocycles. The molecule has 1 fully saturated rings. The molecule has 0 radical (unpaired) electrons. The van der Waals surface area contributed by atoms with Crippen LogP contribution in [0, 0.1) is 6.92 Å². The monoisotopic (exact) mass is 458 g/mol. The maximum atomic E-state index is 10.7. The number of nitrogens with zero attached hydrogens (tertiary/aromatic N) is 1. The second-order valence-electron chi connectivity index (χ2n) is 9.64. The van der Waals surface area contributed by atoms with E-state index in [9.17, 15) is 5.11 Å². The van der Waals surface area contributed by atoms with Gasteiger partial charge in [-0.1, -0.05) is 30.3 Å². The fourth-order valence-corrected chi connectivity index (χ4v) is 5.39. The number of H-pyrrole nitrogens is 1. The van der Waals surface area contributed by atoms with Gasteiger partial charge in [-0.15, -0.1) is 0 Å². The summed E-state index contributed by atoms with van der Waals surface area (Å²) in [6.45, 7) is 6.20. The van der Waals surface area contributed by atoms with Crippen LogP contribution in [0.4, 0.5) is 0 Å².